The highest BCUT2D eigenvalue weighted by Gasteiger charge is 2.58. The summed E-state index contributed by atoms with van der Waals surface area (Å²) in [5, 5.41) is 16.5. The van der Waals surface area contributed by atoms with Crippen LogP contribution in [0.15, 0.2) is 4.99 Å². The maximum atomic E-state index is 9.29. The lowest BCUT2D eigenvalue weighted by atomic mass is 9.55. The molecular weight excluding hydrogens is 415 g/mol. The first-order chi connectivity index (χ1) is 11.1. The lowest BCUT2D eigenvalue weighted by Crippen LogP contribution is -2.71. The van der Waals surface area contributed by atoms with Gasteiger partial charge in [0.15, 0.2) is 5.96 Å². The molecule has 24 heavy (non-hydrogen) atoms. The zero-order chi connectivity index (χ0) is 16.4. The number of rotatable bonds is 3. The minimum absolute atomic E-state index is 0. The number of guanidine groups is 1. The van der Waals surface area contributed by atoms with E-state index in [4.69, 9.17) is 4.74 Å². The normalized spacial score (nSPS) is 37.4. The molecule has 3 aliphatic rings. The molecule has 5 unspecified atom stereocenters. The van der Waals surface area contributed by atoms with Crippen LogP contribution in [0.1, 0.15) is 52.9 Å². The molecule has 136 valence electrons. The number of ether oxygens (including phenoxy) is 1. The average Bonchev–Trinajstić information content (AvgIpc) is 3.00. The van der Waals surface area contributed by atoms with E-state index < -0.39 is 0 Å². The number of hydrogen-bond acceptors (Lipinski definition) is 3. The molecule has 0 bridgehead atoms. The van der Waals surface area contributed by atoms with Crippen LogP contribution in [0.2, 0.25) is 0 Å². The van der Waals surface area contributed by atoms with Gasteiger partial charge in [-0.2, -0.15) is 5.26 Å². The van der Waals surface area contributed by atoms with Gasteiger partial charge in [0.25, 0.3) is 0 Å². The van der Waals surface area contributed by atoms with E-state index in [1.165, 1.54) is 6.42 Å². The minimum Gasteiger partial charge on any atom is -0.377 e. The number of halogens is 1. The Kier molecular flexibility index (Phi) is 6.77. The monoisotopic (exact) mass is 446 g/mol. The Morgan fingerprint density at radius 2 is 2.04 bits per heavy atom. The predicted molar refractivity (Wildman–Crippen MR) is 106 cm³/mol. The van der Waals surface area contributed by atoms with Gasteiger partial charge in [0.2, 0.25) is 0 Å². The number of fused-ring (bicyclic) bond motifs is 1. The average molecular weight is 446 g/mol. The molecule has 1 saturated heterocycles. The molecule has 0 amide bonds. The SMILES string of the molecule is CCN=C(NC1CCCC1C#N)NC1C2CCCOC2C1(C)C.I. The van der Waals surface area contributed by atoms with Crippen molar-refractivity contribution in [2.24, 2.45) is 22.2 Å². The van der Waals surface area contributed by atoms with Gasteiger partial charge in [-0.3, -0.25) is 4.99 Å². The van der Waals surface area contributed by atoms with Crippen molar-refractivity contribution in [1.29, 1.82) is 5.26 Å². The number of aliphatic imine (C=N–C) groups is 1. The number of hydrogen-bond donors (Lipinski definition) is 2. The smallest absolute Gasteiger partial charge is 0.191 e. The van der Waals surface area contributed by atoms with E-state index in [-0.39, 0.29) is 41.4 Å². The Hall–Kier alpha value is -0.550. The number of nitrogens with zero attached hydrogens (tertiary/aromatic N) is 2. The van der Waals surface area contributed by atoms with Crippen LogP contribution in [0.5, 0.6) is 0 Å². The first kappa shape index (κ1) is 19.8. The first-order valence-electron chi connectivity index (χ1n) is 9.16. The fourth-order valence-electron chi connectivity index (χ4n) is 4.72. The van der Waals surface area contributed by atoms with Crippen LogP contribution in [0.25, 0.3) is 0 Å². The molecule has 3 rings (SSSR count). The van der Waals surface area contributed by atoms with Crippen molar-refractivity contribution in [3.63, 3.8) is 0 Å². The van der Waals surface area contributed by atoms with E-state index in [0.717, 1.165) is 44.8 Å². The third-order valence-corrected chi connectivity index (χ3v) is 5.94. The van der Waals surface area contributed by atoms with Crippen LogP contribution in [0.4, 0.5) is 0 Å². The van der Waals surface area contributed by atoms with Crippen molar-refractivity contribution < 1.29 is 4.74 Å². The van der Waals surface area contributed by atoms with Crippen molar-refractivity contribution in [3.05, 3.63) is 0 Å². The first-order valence-corrected chi connectivity index (χ1v) is 9.16. The van der Waals surface area contributed by atoms with Gasteiger partial charge in [0.1, 0.15) is 0 Å². The topological polar surface area (TPSA) is 69.4 Å². The van der Waals surface area contributed by atoms with Crippen LogP contribution >= 0.6 is 24.0 Å². The molecule has 1 heterocycles. The van der Waals surface area contributed by atoms with Crippen molar-refractivity contribution in [2.45, 2.75) is 71.1 Å². The van der Waals surface area contributed by atoms with Crippen LogP contribution < -0.4 is 10.6 Å². The zero-order valence-electron chi connectivity index (χ0n) is 15.0. The van der Waals surface area contributed by atoms with E-state index in [1.807, 2.05) is 0 Å². The molecule has 2 aliphatic carbocycles. The number of nitriles is 1. The molecule has 2 N–H and O–H groups in total. The molecule has 5 atom stereocenters. The Morgan fingerprint density at radius 1 is 1.25 bits per heavy atom. The van der Waals surface area contributed by atoms with Gasteiger partial charge < -0.3 is 15.4 Å². The van der Waals surface area contributed by atoms with Gasteiger partial charge in [-0.1, -0.05) is 13.8 Å². The Morgan fingerprint density at radius 3 is 2.75 bits per heavy atom. The third-order valence-electron chi connectivity index (χ3n) is 5.94. The van der Waals surface area contributed by atoms with Crippen molar-refractivity contribution in [3.8, 4) is 6.07 Å². The summed E-state index contributed by atoms with van der Waals surface area (Å²) in [6.45, 7) is 8.27. The summed E-state index contributed by atoms with van der Waals surface area (Å²) in [7, 11) is 0. The van der Waals surface area contributed by atoms with Gasteiger partial charge in [-0.25, -0.2) is 0 Å². The summed E-state index contributed by atoms with van der Waals surface area (Å²) in [6.07, 6.45) is 5.95. The van der Waals surface area contributed by atoms with Gasteiger partial charge in [-0.15, -0.1) is 24.0 Å². The quantitative estimate of drug-likeness (QED) is 0.397. The zero-order valence-corrected chi connectivity index (χ0v) is 17.4. The second-order valence-corrected chi connectivity index (χ2v) is 7.78. The molecule has 2 saturated carbocycles. The molecule has 1 aliphatic heterocycles. The fourth-order valence-corrected chi connectivity index (χ4v) is 4.72. The van der Waals surface area contributed by atoms with Gasteiger partial charge in [0.05, 0.1) is 18.1 Å². The van der Waals surface area contributed by atoms with Crippen LogP contribution in [-0.4, -0.2) is 37.3 Å². The molecule has 0 aromatic carbocycles. The van der Waals surface area contributed by atoms with Gasteiger partial charge in [0, 0.05) is 36.6 Å². The lowest BCUT2D eigenvalue weighted by molar-refractivity contribution is -0.188. The summed E-state index contributed by atoms with van der Waals surface area (Å²) in [5.41, 5.74) is 0.131. The van der Waals surface area contributed by atoms with E-state index in [2.05, 4.69) is 42.5 Å². The van der Waals surface area contributed by atoms with Crippen molar-refractivity contribution in [2.75, 3.05) is 13.2 Å². The predicted octanol–water partition coefficient (Wildman–Crippen LogP) is 3.06. The molecule has 3 fully saturated rings. The molecule has 5 nitrogen and oxygen atoms in total. The van der Waals surface area contributed by atoms with Crippen LogP contribution in [0, 0.1) is 28.6 Å². The van der Waals surface area contributed by atoms with E-state index >= 15 is 0 Å². The standard InChI is InChI=1S/C18H30N4O.HI/c1-4-20-17(21-14-9-5-7-12(14)11-19)22-15-13-8-6-10-23-16(13)18(15,2)3;/h12-16H,4-10H2,1-3H3,(H2,20,21,22);1H. The maximum absolute atomic E-state index is 9.29. The van der Waals surface area contributed by atoms with Gasteiger partial charge in [-0.05, 0) is 39.0 Å². The molecule has 0 spiro atoms. The summed E-state index contributed by atoms with van der Waals surface area (Å²) in [4.78, 5) is 4.63. The largest absolute Gasteiger partial charge is 0.377 e. The van der Waals surface area contributed by atoms with Crippen LogP contribution in [0.3, 0.4) is 0 Å². The second kappa shape index (κ2) is 8.22. The van der Waals surface area contributed by atoms with E-state index in [9.17, 15) is 5.26 Å². The maximum Gasteiger partial charge on any atom is 0.191 e. The summed E-state index contributed by atoms with van der Waals surface area (Å²) >= 11 is 0. The van der Waals surface area contributed by atoms with Crippen molar-refractivity contribution >= 4 is 29.9 Å². The highest BCUT2D eigenvalue weighted by molar-refractivity contribution is 14.0. The van der Waals surface area contributed by atoms with Crippen molar-refractivity contribution in [1.82, 2.24) is 10.6 Å². The fraction of sp³-hybridized carbons (Fsp3) is 0.889. The second-order valence-electron chi connectivity index (χ2n) is 7.78. The third kappa shape index (κ3) is 3.67. The summed E-state index contributed by atoms with van der Waals surface area (Å²) < 4.78 is 5.99. The summed E-state index contributed by atoms with van der Waals surface area (Å²) in [5.74, 6) is 1.57. The number of nitrogens with one attached hydrogen (secondary N) is 2. The highest BCUT2D eigenvalue weighted by atomic mass is 127. The molecule has 0 radical (unpaired) electrons. The van der Waals surface area contributed by atoms with Gasteiger partial charge >= 0.3 is 0 Å². The van der Waals surface area contributed by atoms with E-state index in [1.54, 1.807) is 0 Å². The minimum atomic E-state index is 0. The van der Waals surface area contributed by atoms with Crippen LogP contribution in [-0.2, 0) is 4.74 Å². The lowest BCUT2D eigenvalue weighted by Gasteiger charge is -2.60. The Balaban J connectivity index is 0.00000208. The molecular formula is C18H31IN4O. The molecule has 0 aromatic rings. The van der Waals surface area contributed by atoms with E-state index in [0.29, 0.717) is 18.1 Å². The highest BCUT2D eigenvalue weighted by Crippen LogP contribution is 2.51. The molecule has 0 aromatic heterocycles. The molecule has 6 heteroatoms. The summed E-state index contributed by atoms with van der Waals surface area (Å²) in [6, 6.07) is 3.07. The Bertz CT molecular complexity index is 502. The Labute approximate surface area is 163 Å².